The molecule has 364 valence electrons. The summed E-state index contributed by atoms with van der Waals surface area (Å²) in [5.74, 6) is -1.20. The van der Waals surface area contributed by atoms with Gasteiger partial charge in [0.1, 0.15) is 24.4 Å². The highest BCUT2D eigenvalue weighted by Gasteiger charge is 2.47. The summed E-state index contributed by atoms with van der Waals surface area (Å²) >= 11 is 0. The van der Waals surface area contributed by atoms with Crippen LogP contribution < -0.4 is 5.32 Å². The number of hydrogen-bond donors (Lipinski definition) is 6. The number of carbonyl (C=O) groups excluding carboxylic acids is 2. The lowest BCUT2D eigenvalue weighted by molar-refractivity contribution is -0.305. The second-order valence-corrected chi connectivity index (χ2v) is 17.9. The van der Waals surface area contributed by atoms with Crippen LogP contribution in [-0.4, -0.2) is 99.6 Å². The number of unbranched alkanes of at least 4 members (excludes halogenated alkanes) is 26. The molecule has 1 saturated heterocycles. The van der Waals surface area contributed by atoms with Crippen molar-refractivity contribution in [2.75, 3.05) is 13.2 Å². The summed E-state index contributed by atoms with van der Waals surface area (Å²) in [6, 6.07) is -1.02. The zero-order chi connectivity index (χ0) is 45.5. The van der Waals surface area contributed by atoms with E-state index < -0.39 is 67.4 Å². The Morgan fingerprint density at radius 1 is 0.613 bits per heavy atom. The number of aliphatic hydroxyl groups is 5. The van der Waals surface area contributed by atoms with Crippen molar-refractivity contribution in [3.05, 3.63) is 24.3 Å². The number of hydrogen-bond acceptors (Lipinski definition) is 10. The minimum atomic E-state index is -1.61. The van der Waals surface area contributed by atoms with E-state index in [1.54, 1.807) is 6.08 Å². The number of amides is 1. The molecule has 11 heteroatoms. The van der Waals surface area contributed by atoms with Crippen LogP contribution in [0.1, 0.15) is 226 Å². The second kappa shape index (κ2) is 40.6. The molecule has 0 aliphatic carbocycles. The molecule has 0 radical (unpaired) electrons. The fraction of sp³-hybridized carbons (Fsp3) is 0.882. The van der Waals surface area contributed by atoms with Crippen LogP contribution in [0, 0.1) is 0 Å². The molecule has 0 aromatic carbocycles. The molecule has 6 N–H and O–H groups in total. The number of carbonyl (C=O) groups is 2. The van der Waals surface area contributed by atoms with E-state index in [-0.39, 0.29) is 13.0 Å². The van der Waals surface area contributed by atoms with Crippen molar-refractivity contribution in [1.82, 2.24) is 5.32 Å². The quantitative estimate of drug-likeness (QED) is 0.0197. The Hall–Kier alpha value is -1.86. The predicted molar refractivity (Wildman–Crippen MR) is 251 cm³/mol. The Morgan fingerprint density at radius 2 is 1.08 bits per heavy atom. The molecular weight excluding hydrogens is 787 g/mol. The van der Waals surface area contributed by atoms with Gasteiger partial charge in [-0.05, 0) is 44.9 Å². The van der Waals surface area contributed by atoms with Gasteiger partial charge in [-0.15, -0.1) is 0 Å². The fourth-order valence-corrected chi connectivity index (χ4v) is 7.92. The van der Waals surface area contributed by atoms with E-state index in [2.05, 4.69) is 38.2 Å². The third kappa shape index (κ3) is 29.6. The molecular formula is C51H95NO10. The lowest BCUT2D eigenvalue weighted by Gasteiger charge is -2.41. The smallest absolute Gasteiger partial charge is 0.306 e. The fourth-order valence-electron chi connectivity index (χ4n) is 7.92. The summed E-state index contributed by atoms with van der Waals surface area (Å²) in [5, 5.41) is 56.4. The van der Waals surface area contributed by atoms with Crippen molar-refractivity contribution in [2.24, 2.45) is 0 Å². The first kappa shape index (κ1) is 58.2. The van der Waals surface area contributed by atoms with Crippen molar-refractivity contribution in [3.8, 4) is 0 Å². The summed E-state index contributed by atoms with van der Waals surface area (Å²) in [6.07, 6.45) is 32.4. The van der Waals surface area contributed by atoms with Gasteiger partial charge in [-0.1, -0.05) is 199 Å². The first-order chi connectivity index (χ1) is 30.2. The van der Waals surface area contributed by atoms with E-state index in [4.69, 9.17) is 14.2 Å². The number of esters is 1. The summed E-state index contributed by atoms with van der Waals surface area (Å²) in [7, 11) is 0. The lowest BCUT2D eigenvalue weighted by Crippen LogP contribution is -2.61. The first-order valence-corrected chi connectivity index (χ1v) is 25.6. The van der Waals surface area contributed by atoms with E-state index in [1.807, 2.05) is 6.08 Å². The maximum Gasteiger partial charge on any atom is 0.306 e. The van der Waals surface area contributed by atoms with E-state index in [0.29, 0.717) is 19.3 Å². The number of ether oxygens (including phenoxy) is 3. The van der Waals surface area contributed by atoms with Gasteiger partial charge in [-0.25, -0.2) is 0 Å². The molecule has 1 amide bonds. The molecule has 0 aromatic heterocycles. The molecule has 1 heterocycles. The molecule has 62 heavy (non-hydrogen) atoms. The van der Waals surface area contributed by atoms with Crippen LogP contribution in [0.3, 0.4) is 0 Å². The average molecular weight is 882 g/mol. The minimum absolute atomic E-state index is 0.116. The van der Waals surface area contributed by atoms with Crippen LogP contribution in [0.2, 0.25) is 0 Å². The van der Waals surface area contributed by atoms with Gasteiger partial charge in [0.15, 0.2) is 12.4 Å². The van der Waals surface area contributed by atoms with E-state index >= 15 is 0 Å². The Labute approximate surface area is 378 Å². The number of nitrogens with one attached hydrogen (secondary N) is 1. The van der Waals surface area contributed by atoms with Crippen molar-refractivity contribution in [3.63, 3.8) is 0 Å². The highest BCUT2D eigenvalue weighted by atomic mass is 16.7. The van der Waals surface area contributed by atoms with Crippen molar-refractivity contribution >= 4 is 11.9 Å². The van der Waals surface area contributed by atoms with E-state index in [9.17, 15) is 35.1 Å². The number of aliphatic hydroxyl groups excluding tert-OH is 5. The molecule has 1 fully saturated rings. The highest BCUT2D eigenvalue weighted by Crippen LogP contribution is 2.26. The van der Waals surface area contributed by atoms with Gasteiger partial charge in [0, 0.05) is 6.42 Å². The maximum atomic E-state index is 13.3. The van der Waals surface area contributed by atoms with Crippen LogP contribution in [-0.2, 0) is 23.8 Å². The van der Waals surface area contributed by atoms with Gasteiger partial charge in [0.05, 0.1) is 25.4 Å². The lowest BCUT2D eigenvalue weighted by atomic mass is 9.99. The van der Waals surface area contributed by atoms with Gasteiger partial charge >= 0.3 is 5.97 Å². The van der Waals surface area contributed by atoms with Crippen LogP contribution in [0.15, 0.2) is 24.3 Å². The van der Waals surface area contributed by atoms with Crippen LogP contribution in [0.4, 0.5) is 0 Å². The molecule has 0 spiro atoms. The Kier molecular flexibility index (Phi) is 38.1. The molecule has 11 nitrogen and oxygen atoms in total. The second-order valence-electron chi connectivity index (χ2n) is 17.9. The zero-order valence-corrected chi connectivity index (χ0v) is 39.7. The maximum absolute atomic E-state index is 13.3. The largest absolute Gasteiger partial charge is 0.454 e. The monoisotopic (exact) mass is 882 g/mol. The SMILES string of the molecule is CCCC/C=C\CCCCCCCC(=O)OC1C(OCC(NC(=O)C(O)CCCCCCCCCCCC)C(O)/C=C/CCCCCCCCCCCC)OC(CO)C(O)C1O. The summed E-state index contributed by atoms with van der Waals surface area (Å²) in [5.41, 5.74) is 0. The van der Waals surface area contributed by atoms with Crippen molar-refractivity contribution in [1.29, 1.82) is 0 Å². The highest BCUT2D eigenvalue weighted by molar-refractivity contribution is 5.80. The molecule has 1 aliphatic rings. The third-order valence-electron chi connectivity index (χ3n) is 12.1. The summed E-state index contributed by atoms with van der Waals surface area (Å²) in [4.78, 5) is 26.2. The molecule has 1 aliphatic heterocycles. The molecule has 0 saturated carbocycles. The van der Waals surface area contributed by atoms with Gasteiger partial charge in [-0.2, -0.15) is 0 Å². The van der Waals surface area contributed by atoms with Crippen molar-refractivity contribution < 1.29 is 49.3 Å². The zero-order valence-electron chi connectivity index (χ0n) is 39.7. The number of rotatable bonds is 42. The Morgan fingerprint density at radius 3 is 1.61 bits per heavy atom. The van der Waals surface area contributed by atoms with E-state index in [1.165, 1.54) is 103 Å². The molecule has 1 rings (SSSR count). The molecule has 8 atom stereocenters. The molecule has 0 bridgehead atoms. The minimum Gasteiger partial charge on any atom is -0.454 e. The average Bonchev–Trinajstić information content (AvgIpc) is 3.27. The molecule has 8 unspecified atom stereocenters. The van der Waals surface area contributed by atoms with Crippen LogP contribution in [0.5, 0.6) is 0 Å². The van der Waals surface area contributed by atoms with Gasteiger partial charge in [-0.3, -0.25) is 9.59 Å². The van der Waals surface area contributed by atoms with E-state index in [0.717, 1.165) is 77.0 Å². The van der Waals surface area contributed by atoms with Crippen LogP contribution in [0.25, 0.3) is 0 Å². The summed E-state index contributed by atoms with van der Waals surface area (Å²) in [6.45, 7) is 5.69. The Bertz CT molecular complexity index is 1100. The summed E-state index contributed by atoms with van der Waals surface area (Å²) < 4.78 is 17.5. The molecule has 0 aromatic rings. The van der Waals surface area contributed by atoms with Crippen molar-refractivity contribution in [2.45, 2.75) is 275 Å². The first-order valence-electron chi connectivity index (χ1n) is 25.6. The predicted octanol–water partition coefficient (Wildman–Crippen LogP) is 10.2. The standard InChI is InChI=1S/C51H95NO10/c1-4-7-10-13-16-19-22-24-26-28-31-34-37-43(54)42(52-50(59)44(55)38-35-32-29-25-21-18-15-12-9-6-3)41-60-51-49(48(58)47(57)45(40-53)61-51)62-46(56)39-36-33-30-27-23-20-17-14-11-8-5-2/h14,17,34,37,42-45,47-49,51,53-55,57-58H,4-13,15-16,18-33,35-36,38-41H2,1-3H3,(H,52,59)/b17-14-,37-34+. The third-order valence-corrected chi connectivity index (χ3v) is 12.1. The normalized spacial score (nSPS) is 20.8. The van der Waals surface area contributed by atoms with Gasteiger partial charge in [0.25, 0.3) is 0 Å². The van der Waals surface area contributed by atoms with Gasteiger partial charge < -0.3 is 45.1 Å². The number of allylic oxidation sites excluding steroid dienone is 3. The Balaban J connectivity index is 2.80. The topological polar surface area (TPSA) is 175 Å². The van der Waals surface area contributed by atoms with Gasteiger partial charge in [0.2, 0.25) is 5.91 Å². The van der Waals surface area contributed by atoms with Crippen LogP contribution >= 0.6 is 0 Å².